The van der Waals surface area contributed by atoms with Gasteiger partial charge in [0.05, 0.1) is 22.3 Å². The summed E-state index contributed by atoms with van der Waals surface area (Å²) in [7, 11) is 0. The topological polar surface area (TPSA) is 75.6 Å². The van der Waals surface area contributed by atoms with Crippen LogP contribution < -0.4 is 10.9 Å². The van der Waals surface area contributed by atoms with Crippen LogP contribution in [0.15, 0.2) is 59.8 Å². The zero-order chi connectivity index (χ0) is 18.9. The molecule has 134 valence electrons. The van der Waals surface area contributed by atoms with Gasteiger partial charge in [-0.25, -0.2) is 4.98 Å². The molecule has 0 aliphatic carbocycles. The van der Waals surface area contributed by atoms with E-state index in [0.29, 0.717) is 11.2 Å². The number of nitrogens with zero attached hydrogens (tertiary/aromatic N) is 3. The maximum Gasteiger partial charge on any atom is 0.259 e. The van der Waals surface area contributed by atoms with Crippen molar-refractivity contribution in [2.75, 3.05) is 5.32 Å². The summed E-state index contributed by atoms with van der Waals surface area (Å²) in [5.41, 5.74) is 2.05. The van der Waals surface area contributed by atoms with E-state index in [0.717, 1.165) is 22.5 Å². The van der Waals surface area contributed by atoms with E-state index in [1.54, 1.807) is 18.5 Å². The van der Waals surface area contributed by atoms with Crippen LogP contribution >= 0.6 is 0 Å². The Morgan fingerprint density at radius 3 is 2.77 bits per heavy atom. The summed E-state index contributed by atoms with van der Waals surface area (Å²) in [6, 6.07) is 5.72. The van der Waals surface area contributed by atoms with Gasteiger partial charge < -0.3 is 10.3 Å². The number of hydrogen-bond acceptors (Lipinski definition) is 4. The van der Waals surface area contributed by atoms with Crippen molar-refractivity contribution >= 4 is 16.6 Å². The van der Waals surface area contributed by atoms with Crippen molar-refractivity contribution < 1.29 is 0 Å². The Bertz CT molecular complexity index is 1050. The summed E-state index contributed by atoms with van der Waals surface area (Å²) in [6.07, 6.45) is 6.97. The molecule has 2 N–H and O–H groups in total. The van der Waals surface area contributed by atoms with Gasteiger partial charge in [-0.3, -0.25) is 9.48 Å². The third-order valence-corrected chi connectivity index (χ3v) is 4.09. The summed E-state index contributed by atoms with van der Waals surface area (Å²) in [5.74, 6) is 0.494. The molecule has 0 aliphatic heterocycles. The number of hydrogen-bond donors (Lipinski definition) is 2. The number of anilines is 1. The van der Waals surface area contributed by atoms with Crippen molar-refractivity contribution in [3.8, 4) is 11.4 Å². The van der Waals surface area contributed by atoms with Gasteiger partial charge in [0.2, 0.25) is 0 Å². The van der Waals surface area contributed by atoms with Gasteiger partial charge in [0.25, 0.3) is 5.56 Å². The molecule has 0 spiro atoms. The maximum absolute atomic E-state index is 12.4. The van der Waals surface area contributed by atoms with Crippen molar-refractivity contribution in [2.45, 2.75) is 33.2 Å². The Hall–Kier alpha value is -3.15. The molecule has 0 aromatic carbocycles. The van der Waals surface area contributed by atoms with Crippen LogP contribution in [-0.4, -0.2) is 19.7 Å². The van der Waals surface area contributed by atoms with E-state index in [-0.39, 0.29) is 11.1 Å². The Labute approximate surface area is 152 Å². The monoisotopic (exact) mass is 349 g/mol. The lowest BCUT2D eigenvalue weighted by atomic mass is 10.1. The number of aromatic nitrogens is 4. The highest BCUT2D eigenvalue weighted by Crippen LogP contribution is 2.29. The molecule has 3 rings (SSSR count). The minimum absolute atomic E-state index is 0.187. The van der Waals surface area contributed by atoms with E-state index in [4.69, 9.17) is 4.98 Å². The number of pyridine rings is 2. The number of aromatic amines is 1. The average molecular weight is 349 g/mol. The molecule has 3 aromatic rings. The number of fused-ring (bicyclic) bond motifs is 1. The van der Waals surface area contributed by atoms with E-state index in [9.17, 15) is 4.79 Å². The highest BCUT2D eigenvalue weighted by molar-refractivity contribution is 5.94. The second-order valence-corrected chi connectivity index (χ2v) is 7.00. The standard InChI is InChI=1S/C20H23N5O/c1-6-14(7-2)23-18-17-13(8-10-21-19(17)26)12-15(24-18)16-9-11-22-25(16)20(3,4)5/h6-12H,1H2,2-5H3,(H,21,26)(H,23,24)/b14-7+. The molecular weight excluding hydrogens is 326 g/mol. The van der Waals surface area contributed by atoms with E-state index < -0.39 is 0 Å². The fourth-order valence-electron chi connectivity index (χ4n) is 2.85. The summed E-state index contributed by atoms with van der Waals surface area (Å²) < 4.78 is 1.93. The third kappa shape index (κ3) is 3.18. The summed E-state index contributed by atoms with van der Waals surface area (Å²) in [5, 5.41) is 8.97. The minimum atomic E-state index is -0.188. The summed E-state index contributed by atoms with van der Waals surface area (Å²) in [4.78, 5) is 19.8. The Morgan fingerprint density at radius 2 is 2.12 bits per heavy atom. The molecule has 0 bridgehead atoms. The first-order valence-corrected chi connectivity index (χ1v) is 8.48. The lowest BCUT2D eigenvalue weighted by molar-refractivity contribution is 0.360. The normalized spacial score (nSPS) is 12.4. The highest BCUT2D eigenvalue weighted by Gasteiger charge is 2.20. The molecule has 3 heterocycles. The molecule has 26 heavy (non-hydrogen) atoms. The van der Waals surface area contributed by atoms with Crippen molar-refractivity contribution in [3.63, 3.8) is 0 Å². The zero-order valence-corrected chi connectivity index (χ0v) is 15.5. The van der Waals surface area contributed by atoms with Gasteiger partial charge in [-0.1, -0.05) is 12.7 Å². The lowest BCUT2D eigenvalue weighted by Crippen LogP contribution is -2.24. The first-order valence-electron chi connectivity index (χ1n) is 8.48. The fraction of sp³-hybridized carbons (Fsp3) is 0.250. The predicted octanol–water partition coefficient (Wildman–Crippen LogP) is 4.04. The fourth-order valence-corrected chi connectivity index (χ4v) is 2.85. The minimum Gasteiger partial charge on any atom is -0.340 e. The summed E-state index contributed by atoms with van der Waals surface area (Å²) >= 11 is 0. The SMILES string of the molecule is C=C/C(=C\C)Nc1nc(-c2ccnn2C(C)(C)C)cc2cc[nH]c(=O)c12. The number of rotatable bonds is 4. The van der Waals surface area contributed by atoms with Crippen LogP contribution in [0.5, 0.6) is 0 Å². The first kappa shape index (κ1) is 17.7. The quantitative estimate of drug-likeness (QED) is 0.697. The molecule has 0 saturated carbocycles. The molecule has 0 fully saturated rings. The Balaban J connectivity index is 2.28. The van der Waals surface area contributed by atoms with Crippen molar-refractivity contribution in [1.29, 1.82) is 0 Å². The number of H-pyrrole nitrogens is 1. The average Bonchev–Trinajstić information content (AvgIpc) is 3.09. The lowest BCUT2D eigenvalue weighted by Gasteiger charge is -2.22. The van der Waals surface area contributed by atoms with Crippen LogP contribution in [0.1, 0.15) is 27.7 Å². The molecule has 0 unspecified atom stereocenters. The van der Waals surface area contributed by atoms with Gasteiger partial charge in [-0.05, 0) is 57.4 Å². The van der Waals surface area contributed by atoms with Gasteiger partial charge in [0, 0.05) is 18.1 Å². The van der Waals surface area contributed by atoms with Gasteiger partial charge in [-0.15, -0.1) is 0 Å². The smallest absolute Gasteiger partial charge is 0.259 e. The van der Waals surface area contributed by atoms with Crippen molar-refractivity contribution in [1.82, 2.24) is 19.7 Å². The number of allylic oxidation sites excluding steroid dienone is 2. The van der Waals surface area contributed by atoms with Gasteiger partial charge >= 0.3 is 0 Å². The van der Waals surface area contributed by atoms with Gasteiger partial charge in [0.1, 0.15) is 5.82 Å². The van der Waals surface area contributed by atoms with E-state index >= 15 is 0 Å². The van der Waals surface area contributed by atoms with Gasteiger partial charge in [-0.2, -0.15) is 5.10 Å². The molecule has 6 heteroatoms. The third-order valence-electron chi connectivity index (χ3n) is 4.09. The summed E-state index contributed by atoms with van der Waals surface area (Å²) in [6.45, 7) is 12.0. The second-order valence-electron chi connectivity index (χ2n) is 7.00. The van der Waals surface area contributed by atoms with Crippen molar-refractivity contribution in [2.24, 2.45) is 0 Å². The van der Waals surface area contributed by atoms with Crippen LogP contribution in [0, 0.1) is 0 Å². The molecule has 0 atom stereocenters. The largest absolute Gasteiger partial charge is 0.340 e. The van der Waals surface area contributed by atoms with Crippen LogP contribution in [0.4, 0.5) is 5.82 Å². The molecule has 0 saturated heterocycles. The Kier molecular flexibility index (Phi) is 4.50. The number of nitrogens with one attached hydrogen (secondary N) is 2. The van der Waals surface area contributed by atoms with Crippen LogP contribution in [-0.2, 0) is 5.54 Å². The van der Waals surface area contributed by atoms with E-state index in [1.165, 1.54) is 0 Å². The first-order chi connectivity index (χ1) is 12.3. The maximum atomic E-state index is 12.4. The van der Waals surface area contributed by atoms with Gasteiger partial charge in [0.15, 0.2) is 0 Å². The molecular formula is C20H23N5O. The molecule has 3 aromatic heterocycles. The van der Waals surface area contributed by atoms with E-state index in [1.807, 2.05) is 35.9 Å². The van der Waals surface area contributed by atoms with Crippen LogP contribution in [0.2, 0.25) is 0 Å². The predicted molar refractivity (Wildman–Crippen MR) is 106 cm³/mol. The zero-order valence-electron chi connectivity index (χ0n) is 15.5. The second kappa shape index (κ2) is 6.63. The van der Waals surface area contributed by atoms with Crippen molar-refractivity contribution in [3.05, 3.63) is 65.4 Å². The van der Waals surface area contributed by atoms with E-state index in [2.05, 4.69) is 42.7 Å². The van der Waals surface area contributed by atoms with Crippen LogP contribution in [0.25, 0.3) is 22.2 Å². The molecule has 0 aliphatic rings. The molecule has 0 amide bonds. The molecule has 0 radical (unpaired) electrons. The highest BCUT2D eigenvalue weighted by atomic mass is 16.1. The molecule has 6 nitrogen and oxygen atoms in total. The van der Waals surface area contributed by atoms with Crippen LogP contribution in [0.3, 0.4) is 0 Å². The Morgan fingerprint density at radius 1 is 1.35 bits per heavy atom.